The number of hydrogen-bond acceptors (Lipinski definition) is 4. The maximum atomic E-state index is 12.4. The molecule has 0 saturated heterocycles. The SMILES string of the molecule is Cc1nc(S(=O)(=O)NC(C(N)=S)c2ccccc2)cn1C. The van der Waals surface area contributed by atoms with Gasteiger partial charge in [-0.2, -0.15) is 4.72 Å². The Kier molecular flexibility index (Phi) is 4.40. The van der Waals surface area contributed by atoms with E-state index in [0.29, 0.717) is 11.4 Å². The van der Waals surface area contributed by atoms with Crippen LogP contribution < -0.4 is 10.5 Å². The molecule has 0 aliphatic rings. The van der Waals surface area contributed by atoms with Crippen LogP contribution in [0, 0.1) is 6.92 Å². The molecule has 1 aromatic heterocycles. The molecule has 3 N–H and O–H groups in total. The molecular weight excluding hydrogens is 308 g/mol. The lowest BCUT2D eigenvalue weighted by atomic mass is 10.1. The molecule has 0 aliphatic heterocycles. The Morgan fingerprint density at radius 1 is 1.38 bits per heavy atom. The summed E-state index contributed by atoms with van der Waals surface area (Å²) in [5, 5.41) is -0.0559. The maximum absolute atomic E-state index is 12.4. The first-order valence-electron chi connectivity index (χ1n) is 6.18. The lowest BCUT2D eigenvalue weighted by Crippen LogP contribution is -2.36. The molecule has 8 heteroatoms. The minimum Gasteiger partial charge on any atom is -0.392 e. The Balaban J connectivity index is 2.35. The van der Waals surface area contributed by atoms with Gasteiger partial charge in [0.05, 0.1) is 11.0 Å². The van der Waals surface area contributed by atoms with E-state index in [-0.39, 0.29) is 10.0 Å². The van der Waals surface area contributed by atoms with E-state index in [9.17, 15) is 8.42 Å². The monoisotopic (exact) mass is 324 g/mol. The second kappa shape index (κ2) is 5.92. The maximum Gasteiger partial charge on any atom is 0.260 e. The number of nitrogens with zero attached hydrogens (tertiary/aromatic N) is 2. The van der Waals surface area contributed by atoms with Gasteiger partial charge in [0.1, 0.15) is 5.82 Å². The number of aryl methyl sites for hydroxylation is 2. The zero-order chi connectivity index (χ0) is 15.6. The van der Waals surface area contributed by atoms with E-state index in [1.165, 1.54) is 6.20 Å². The van der Waals surface area contributed by atoms with Gasteiger partial charge in [-0.05, 0) is 12.5 Å². The smallest absolute Gasteiger partial charge is 0.260 e. The fourth-order valence-electron chi connectivity index (χ4n) is 1.81. The third-order valence-electron chi connectivity index (χ3n) is 3.05. The molecular formula is C13H16N4O2S2. The standard InChI is InChI=1S/C13H16N4O2S2/c1-9-15-11(8-17(9)2)21(18,19)16-12(13(14)20)10-6-4-3-5-7-10/h3-8,12,16H,1-2H3,(H2,14,20). The van der Waals surface area contributed by atoms with Gasteiger partial charge in [0.15, 0.2) is 5.03 Å². The number of nitrogens with two attached hydrogens (primary N) is 1. The summed E-state index contributed by atoms with van der Waals surface area (Å²) in [4.78, 5) is 4.07. The van der Waals surface area contributed by atoms with Crippen LogP contribution in [0.25, 0.3) is 0 Å². The highest BCUT2D eigenvalue weighted by molar-refractivity contribution is 7.89. The molecule has 1 unspecified atom stereocenters. The van der Waals surface area contributed by atoms with E-state index in [4.69, 9.17) is 18.0 Å². The number of benzene rings is 1. The zero-order valence-electron chi connectivity index (χ0n) is 11.6. The van der Waals surface area contributed by atoms with Crippen LogP contribution in [0.15, 0.2) is 41.6 Å². The van der Waals surface area contributed by atoms with Crippen molar-refractivity contribution in [3.05, 3.63) is 47.9 Å². The van der Waals surface area contributed by atoms with E-state index < -0.39 is 16.1 Å². The molecule has 0 radical (unpaired) electrons. The summed E-state index contributed by atoms with van der Waals surface area (Å²) < 4.78 is 28.9. The zero-order valence-corrected chi connectivity index (χ0v) is 13.3. The highest BCUT2D eigenvalue weighted by atomic mass is 32.2. The fourth-order valence-corrected chi connectivity index (χ4v) is 3.32. The van der Waals surface area contributed by atoms with Crippen LogP contribution in [-0.4, -0.2) is 23.0 Å². The van der Waals surface area contributed by atoms with Crippen LogP contribution in [0.3, 0.4) is 0 Å². The van der Waals surface area contributed by atoms with Crippen molar-refractivity contribution in [1.29, 1.82) is 0 Å². The van der Waals surface area contributed by atoms with Crippen molar-refractivity contribution in [3.63, 3.8) is 0 Å². The molecule has 1 aromatic carbocycles. The van der Waals surface area contributed by atoms with Crippen molar-refractivity contribution in [3.8, 4) is 0 Å². The van der Waals surface area contributed by atoms with Crippen LogP contribution in [0.5, 0.6) is 0 Å². The van der Waals surface area contributed by atoms with Crippen molar-refractivity contribution in [2.24, 2.45) is 12.8 Å². The third kappa shape index (κ3) is 3.46. The molecule has 21 heavy (non-hydrogen) atoms. The van der Waals surface area contributed by atoms with Crippen molar-refractivity contribution in [1.82, 2.24) is 14.3 Å². The lowest BCUT2D eigenvalue weighted by Gasteiger charge is -2.17. The van der Waals surface area contributed by atoms with E-state index in [1.54, 1.807) is 42.8 Å². The molecule has 0 aliphatic carbocycles. The first-order chi connectivity index (χ1) is 9.81. The second-order valence-electron chi connectivity index (χ2n) is 4.60. The Labute approximate surface area is 129 Å². The molecule has 0 bridgehead atoms. The van der Waals surface area contributed by atoms with Gasteiger partial charge >= 0.3 is 0 Å². The highest BCUT2D eigenvalue weighted by Crippen LogP contribution is 2.17. The molecule has 6 nitrogen and oxygen atoms in total. The van der Waals surface area contributed by atoms with Crippen LogP contribution in [0.4, 0.5) is 0 Å². The van der Waals surface area contributed by atoms with Crippen LogP contribution in [0.2, 0.25) is 0 Å². The number of nitrogens with one attached hydrogen (secondary N) is 1. The van der Waals surface area contributed by atoms with E-state index >= 15 is 0 Å². The number of imidazole rings is 1. The minimum atomic E-state index is -3.80. The summed E-state index contributed by atoms with van der Waals surface area (Å²) in [5.74, 6) is 0.599. The van der Waals surface area contributed by atoms with Gasteiger partial charge in [0, 0.05) is 13.2 Å². The Morgan fingerprint density at radius 3 is 2.48 bits per heavy atom. The van der Waals surface area contributed by atoms with Gasteiger partial charge in [-0.15, -0.1) is 0 Å². The summed E-state index contributed by atoms with van der Waals surface area (Å²) in [5.41, 5.74) is 6.35. The fraction of sp³-hybridized carbons (Fsp3) is 0.231. The van der Waals surface area contributed by atoms with E-state index in [1.807, 2.05) is 6.07 Å². The molecule has 2 aromatic rings. The summed E-state index contributed by atoms with van der Waals surface area (Å²) in [6.45, 7) is 1.72. The Hall–Kier alpha value is -1.77. The Morgan fingerprint density at radius 2 is 2.00 bits per heavy atom. The predicted octanol–water partition coefficient (Wildman–Crippen LogP) is 1.03. The van der Waals surface area contributed by atoms with Gasteiger partial charge in [0.25, 0.3) is 10.0 Å². The molecule has 0 fully saturated rings. The van der Waals surface area contributed by atoms with E-state index in [2.05, 4.69) is 9.71 Å². The highest BCUT2D eigenvalue weighted by Gasteiger charge is 2.25. The molecule has 1 heterocycles. The van der Waals surface area contributed by atoms with Gasteiger partial charge < -0.3 is 10.3 Å². The largest absolute Gasteiger partial charge is 0.392 e. The molecule has 1 atom stereocenters. The van der Waals surface area contributed by atoms with Crippen molar-refractivity contribution >= 4 is 27.2 Å². The molecule has 2 rings (SSSR count). The first kappa shape index (κ1) is 15.6. The predicted molar refractivity (Wildman–Crippen MR) is 84.2 cm³/mol. The van der Waals surface area contributed by atoms with Crippen molar-refractivity contribution in [2.75, 3.05) is 0 Å². The third-order valence-corrected chi connectivity index (χ3v) is 4.58. The lowest BCUT2D eigenvalue weighted by molar-refractivity contribution is 0.574. The average molecular weight is 324 g/mol. The van der Waals surface area contributed by atoms with Crippen LogP contribution in [-0.2, 0) is 17.1 Å². The molecule has 0 saturated carbocycles. The summed E-state index contributed by atoms with van der Waals surface area (Å²) in [6.07, 6.45) is 1.44. The average Bonchev–Trinajstić information content (AvgIpc) is 2.78. The van der Waals surface area contributed by atoms with Crippen LogP contribution in [0.1, 0.15) is 17.4 Å². The molecule has 0 amide bonds. The summed E-state index contributed by atoms with van der Waals surface area (Å²) in [7, 11) is -2.08. The van der Waals surface area contributed by atoms with Gasteiger partial charge in [0.2, 0.25) is 0 Å². The number of sulfonamides is 1. The first-order valence-corrected chi connectivity index (χ1v) is 8.07. The Bertz CT molecular complexity index is 734. The number of rotatable bonds is 5. The number of thiocarbonyl (C=S) groups is 1. The molecule has 0 spiro atoms. The quantitative estimate of drug-likeness (QED) is 0.802. The van der Waals surface area contributed by atoms with Gasteiger partial charge in [-0.25, -0.2) is 13.4 Å². The van der Waals surface area contributed by atoms with Crippen molar-refractivity contribution < 1.29 is 8.42 Å². The van der Waals surface area contributed by atoms with Gasteiger partial charge in [-0.3, -0.25) is 0 Å². The van der Waals surface area contributed by atoms with Crippen molar-refractivity contribution in [2.45, 2.75) is 18.0 Å². The molecule has 112 valence electrons. The number of hydrogen-bond donors (Lipinski definition) is 2. The summed E-state index contributed by atoms with van der Waals surface area (Å²) >= 11 is 4.97. The second-order valence-corrected chi connectivity index (χ2v) is 6.74. The summed E-state index contributed by atoms with van der Waals surface area (Å²) in [6, 6.07) is 8.16. The topological polar surface area (TPSA) is 90.0 Å². The normalized spacial score (nSPS) is 13.0. The van der Waals surface area contributed by atoms with E-state index in [0.717, 1.165) is 0 Å². The minimum absolute atomic E-state index is 0.0532. The van der Waals surface area contributed by atoms with Crippen LogP contribution >= 0.6 is 12.2 Å². The van der Waals surface area contributed by atoms with Gasteiger partial charge in [-0.1, -0.05) is 42.5 Å². The number of aromatic nitrogens is 2.